The van der Waals surface area contributed by atoms with Crippen LogP contribution < -0.4 is 10.3 Å². The van der Waals surface area contributed by atoms with Crippen molar-refractivity contribution in [3.05, 3.63) is 63.2 Å². The Hall–Kier alpha value is -1.89. The topological polar surface area (TPSA) is 44.7 Å². The van der Waals surface area contributed by atoms with Gasteiger partial charge in [-0.25, -0.2) is 5.43 Å². The Labute approximate surface area is 150 Å². The van der Waals surface area contributed by atoms with Crippen molar-refractivity contribution in [2.75, 3.05) is 18.0 Å². The van der Waals surface area contributed by atoms with Gasteiger partial charge in [-0.05, 0) is 66.3 Å². The van der Waals surface area contributed by atoms with Gasteiger partial charge in [0.1, 0.15) is 0 Å². The van der Waals surface area contributed by atoms with Gasteiger partial charge in [0.25, 0.3) is 5.91 Å². The Morgan fingerprint density at radius 3 is 2.39 bits per heavy atom. The fourth-order valence-corrected chi connectivity index (χ4v) is 2.86. The lowest BCUT2D eigenvalue weighted by molar-refractivity contribution is 0.0954. The third-order valence-corrected chi connectivity index (χ3v) is 4.46. The van der Waals surface area contributed by atoms with Crippen LogP contribution in [-0.2, 0) is 0 Å². The average Bonchev–Trinajstić information content (AvgIpc) is 2.57. The van der Waals surface area contributed by atoms with Crippen LogP contribution in [0.25, 0.3) is 0 Å². The molecule has 0 aliphatic carbocycles. The summed E-state index contributed by atoms with van der Waals surface area (Å²) in [4.78, 5) is 14.3. The molecule has 0 fully saturated rings. The van der Waals surface area contributed by atoms with Crippen LogP contribution in [0.3, 0.4) is 0 Å². The minimum absolute atomic E-state index is 0.203. The van der Waals surface area contributed by atoms with Crippen LogP contribution in [0.1, 0.15) is 29.8 Å². The minimum Gasteiger partial charge on any atom is -0.372 e. The maximum absolute atomic E-state index is 12.0. The van der Waals surface area contributed by atoms with E-state index in [0.717, 1.165) is 22.2 Å². The minimum atomic E-state index is -0.203. The van der Waals surface area contributed by atoms with Gasteiger partial charge in [0.05, 0.1) is 11.8 Å². The third kappa shape index (κ3) is 4.79. The number of hydrogen-bond acceptors (Lipinski definition) is 3. The summed E-state index contributed by atoms with van der Waals surface area (Å²) < 4.78 is 0.904. The van der Waals surface area contributed by atoms with Gasteiger partial charge in [-0.2, -0.15) is 5.10 Å². The van der Waals surface area contributed by atoms with Gasteiger partial charge in [0.2, 0.25) is 0 Å². The molecule has 2 rings (SSSR count). The number of hydrogen-bond donors (Lipinski definition) is 1. The van der Waals surface area contributed by atoms with Gasteiger partial charge in [-0.3, -0.25) is 4.79 Å². The van der Waals surface area contributed by atoms with Gasteiger partial charge in [0.15, 0.2) is 0 Å². The van der Waals surface area contributed by atoms with E-state index >= 15 is 0 Å². The zero-order valence-corrected chi connectivity index (χ0v) is 15.4. The number of carbonyl (C=O) groups excluding carboxylic acids is 1. The van der Waals surface area contributed by atoms with Crippen molar-refractivity contribution in [3.63, 3.8) is 0 Å². The molecule has 1 N–H and O–H groups in total. The molecular formula is C18H20IN3O. The van der Waals surface area contributed by atoms with Crippen LogP contribution in [0.2, 0.25) is 0 Å². The number of hydrazone groups is 1. The Kier molecular flexibility index (Phi) is 6.58. The predicted molar refractivity (Wildman–Crippen MR) is 104 cm³/mol. The molecule has 0 saturated carbocycles. The SMILES string of the molecule is CCN(CC)c1ccc(/C=N/NC(=O)c2ccccc2I)cc1. The molecule has 0 spiro atoms. The standard InChI is InChI=1S/C18H20IN3O/c1-3-22(4-2)15-11-9-14(10-12-15)13-20-21-18(23)16-7-5-6-8-17(16)19/h5-13H,3-4H2,1-2H3,(H,21,23)/b20-13+. The maximum Gasteiger partial charge on any atom is 0.272 e. The number of amides is 1. The highest BCUT2D eigenvalue weighted by molar-refractivity contribution is 14.1. The number of rotatable bonds is 6. The fourth-order valence-electron chi connectivity index (χ4n) is 2.23. The lowest BCUT2D eigenvalue weighted by Crippen LogP contribution is -2.21. The maximum atomic E-state index is 12.0. The number of nitrogens with one attached hydrogen (secondary N) is 1. The van der Waals surface area contributed by atoms with Crippen LogP contribution in [0.15, 0.2) is 53.6 Å². The Balaban J connectivity index is 1.98. The van der Waals surface area contributed by atoms with Crippen LogP contribution in [0.4, 0.5) is 5.69 Å². The predicted octanol–water partition coefficient (Wildman–Crippen LogP) is 3.90. The molecule has 0 aliphatic rings. The van der Waals surface area contributed by atoms with Crippen molar-refractivity contribution < 1.29 is 4.79 Å². The second kappa shape index (κ2) is 8.67. The van der Waals surface area contributed by atoms with Gasteiger partial charge in [-0.1, -0.05) is 24.3 Å². The largest absolute Gasteiger partial charge is 0.372 e. The number of benzene rings is 2. The average molecular weight is 421 g/mol. The summed E-state index contributed by atoms with van der Waals surface area (Å²) in [6, 6.07) is 15.5. The van der Waals surface area contributed by atoms with E-state index in [1.54, 1.807) is 12.3 Å². The molecular weight excluding hydrogens is 401 g/mol. The molecule has 5 heteroatoms. The number of anilines is 1. The Bertz CT molecular complexity index is 679. The fraction of sp³-hybridized carbons (Fsp3) is 0.222. The van der Waals surface area contributed by atoms with Crippen LogP contribution in [-0.4, -0.2) is 25.2 Å². The molecule has 0 aliphatic heterocycles. The van der Waals surface area contributed by atoms with Crippen LogP contribution in [0.5, 0.6) is 0 Å². The zero-order chi connectivity index (χ0) is 16.7. The first kappa shape index (κ1) is 17.5. The number of nitrogens with zero attached hydrogens (tertiary/aromatic N) is 2. The Morgan fingerprint density at radius 1 is 1.13 bits per heavy atom. The number of carbonyl (C=O) groups is 1. The van der Waals surface area contributed by atoms with Crippen molar-refractivity contribution in [1.29, 1.82) is 0 Å². The summed E-state index contributed by atoms with van der Waals surface area (Å²) in [5, 5.41) is 4.03. The lowest BCUT2D eigenvalue weighted by atomic mass is 10.2. The highest BCUT2D eigenvalue weighted by atomic mass is 127. The van der Waals surface area contributed by atoms with Gasteiger partial charge in [0, 0.05) is 22.3 Å². The van der Waals surface area contributed by atoms with Crippen molar-refractivity contribution in [1.82, 2.24) is 5.43 Å². The van der Waals surface area contributed by atoms with Gasteiger partial charge in [-0.15, -0.1) is 0 Å². The van der Waals surface area contributed by atoms with Gasteiger partial charge < -0.3 is 4.90 Å². The van der Waals surface area contributed by atoms with Crippen molar-refractivity contribution in [3.8, 4) is 0 Å². The second-order valence-electron chi connectivity index (χ2n) is 4.94. The second-order valence-corrected chi connectivity index (χ2v) is 6.10. The summed E-state index contributed by atoms with van der Waals surface area (Å²) in [6.07, 6.45) is 1.65. The summed E-state index contributed by atoms with van der Waals surface area (Å²) in [7, 11) is 0. The lowest BCUT2D eigenvalue weighted by Gasteiger charge is -2.20. The quantitative estimate of drug-likeness (QED) is 0.437. The highest BCUT2D eigenvalue weighted by Crippen LogP contribution is 2.14. The van der Waals surface area contributed by atoms with E-state index in [9.17, 15) is 4.79 Å². The van der Waals surface area contributed by atoms with Crippen LogP contribution >= 0.6 is 22.6 Å². The van der Waals surface area contributed by atoms with Crippen LogP contribution in [0, 0.1) is 3.57 Å². The molecule has 0 radical (unpaired) electrons. The van der Waals surface area contributed by atoms with E-state index in [4.69, 9.17) is 0 Å². The molecule has 0 bridgehead atoms. The smallest absolute Gasteiger partial charge is 0.272 e. The van der Waals surface area contributed by atoms with E-state index in [2.05, 4.69) is 64.0 Å². The van der Waals surface area contributed by atoms with E-state index in [1.165, 1.54) is 5.69 Å². The summed E-state index contributed by atoms with van der Waals surface area (Å²) in [5.41, 5.74) is 5.33. The van der Waals surface area contributed by atoms with E-state index in [-0.39, 0.29) is 5.91 Å². The molecule has 0 saturated heterocycles. The molecule has 2 aromatic carbocycles. The first-order valence-electron chi connectivity index (χ1n) is 7.58. The molecule has 0 aromatic heterocycles. The molecule has 2 aromatic rings. The van der Waals surface area contributed by atoms with Crippen molar-refractivity contribution in [2.24, 2.45) is 5.10 Å². The monoisotopic (exact) mass is 421 g/mol. The Morgan fingerprint density at radius 2 is 1.78 bits per heavy atom. The molecule has 4 nitrogen and oxygen atoms in total. The van der Waals surface area contributed by atoms with E-state index in [0.29, 0.717) is 5.56 Å². The first-order valence-corrected chi connectivity index (χ1v) is 8.66. The first-order chi connectivity index (χ1) is 11.2. The third-order valence-electron chi connectivity index (χ3n) is 3.52. The summed E-state index contributed by atoms with van der Waals surface area (Å²) in [5.74, 6) is -0.203. The summed E-state index contributed by atoms with van der Waals surface area (Å²) >= 11 is 2.14. The molecule has 23 heavy (non-hydrogen) atoms. The van der Waals surface area contributed by atoms with Gasteiger partial charge >= 0.3 is 0 Å². The highest BCUT2D eigenvalue weighted by Gasteiger charge is 2.07. The summed E-state index contributed by atoms with van der Waals surface area (Å²) in [6.45, 7) is 6.24. The molecule has 0 unspecified atom stereocenters. The van der Waals surface area contributed by atoms with Crippen molar-refractivity contribution >= 4 is 40.4 Å². The van der Waals surface area contributed by atoms with E-state index in [1.807, 2.05) is 30.3 Å². The van der Waals surface area contributed by atoms with E-state index < -0.39 is 0 Å². The van der Waals surface area contributed by atoms with Crippen molar-refractivity contribution in [2.45, 2.75) is 13.8 Å². The molecule has 0 heterocycles. The molecule has 0 atom stereocenters. The molecule has 120 valence electrons. The molecule has 1 amide bonds. The zero-order valence-electron chi connectivity index (χ0n) is 13.3. The normalized spacial score (nSPS) is 10.7. The number of halogens is 1.